The predicted octanol–water partition coefficient (Wildman–Crippen LogP) is 3.80. The highest BCUT2D eigenvalue weighted by molar-refractivity contribution is 5.93. The summed E-state index contributed by atoms with van der Waals surface area (Å²) < 4.78 is 42.0. The summed E-state index contributed by atoms with van der Waals surface area (Å²) in [4.78, 5) is 9.80. The molecule has 0 saturated heterocycles. The molecule has 0 atom stereocenters. The molecule has 0 aliphatic carbocycles. The molecule has 2 aromatic carbocycles. The zero-order valence-electron chi connectivity index (χ0n) is 13.6. The molecular weight excluding hydrogens is 331 g/mol. The number of benzene rings is 2. The smallest absolute Gasteiger partial charge is 0.239 e. The summed E-state index contributed by atoms with van der Waals surface area (Å²) in [5.41, 5.74) is 3.65. The molecule has 1 heterocycles. The van der Waals surface area contributed by atoms with Crippen molar-refractivity contribution in [2.24, 2.45) is 5.84 Å². The summed E-state index contributed by atoms with van der Waals surface area (Å²) in [5, 5.41) is -0.0947. The third-order valence-electron chi connectivity index (χ3n) is 3.77. The van der Waals surface area contributed by atoms with Crippen LogP contribution < -0.4 is 16.2 Å². The highest BCUT2D eigenvalue weighted by Gasteiger charge is 2.21. The first-order chi connectivity index (χ1) is 11.9. The minimum absolute atomic E-state index is 0.0417. The van der Waals surface area contributed by atoms with E-state index in [1.807, 2.05) is 0 Å². The lowest BCUT2D eigenvalue weighted by Gasteiger charge is -2.24. The van der Waals surface area contributed by atoms with Gasteiger partial charge in [0.2, 0.25) is 5.95 Å². The van der Waals surface area contributed by atoms with Crippen LogP contribution in [0.1, 0.15) is 12.5 Å². The topological polar surface area (TPSA) is 67.1 Å². The third-order valence-corrected chi connectivity index (χ3v) is 3.77. The van der Waals surface area contributed by atoms with E-state index in [2.05, 4.69) is 15.4 Å². The number of hydrazine groups is 1. The summed E-state index contributed by atoms with van der Waals surface area (Å²) >= 11 is 0. The van der Waals surface area contributed by atoms with E-state index in [4.69, 9.17) is 5.84 Å². The Bertz CT molecular complexity index is 925. The van der Waals surface area contributed by atoms with E-state index in [0.29, 0.717) is 17.8 Å². The minimum atomic E-state index is -1.07. The number of nitrogens with two attached hydrogens (primary N) is 1. The van der Waals surface area contributed by atoms with Gasteiger partial charge in [-0.3, -0.25) is 5.43 Å². The zero-order valence-corrected chi connectivity index (χ0v) is 13.6. The maximum Gasteiger partial charge on any atom is 0.239 e. The van der Waals surface area contributed by atoms with Crippen LogP contribution in [0.3, 0.4) is 0 Å². The maximum absolute atomic E-state index is 14.5. The molecular formula is C17H16F3N5. The first kappa shape index (κ1) is 17.0. The van der Waals surface area contributed by atoms with Gasteiger partial charge in [0.15, 0.2) is 11.6 Å². The van der Waals surface area contributed by atoms with Crippen molar-refractivity contribution >= 4 is 28.4 Å². The number of fused-ring (bicyclic) bond motifs is 1. The number of aryl methyl sites for hydroxylation is 1. The minimum Gasteiger partial charge on any atom is -0.326 e. The van der Waals surface area contributed by atoms with Gasteiger partial charge < -0.3 is 4.90 Å². The number of nitrogens with zero attached hydrogens (tertiary/aromatic N) is 3. The second kappa shape index (κ2) is 6.56. The Hall–Kier alpha value is -2.87. The number of halogens is 3. The Morgan fingerprint density at radius 2 is 1.88 bits per heavy atom. The molecule has 0 radical (unpaired) electrons. The van der Waals surface area contributed by atoms with Crippen LogP contribution in [0.2, 0.25) is 0 Å². The third kappa shape index (κ3) is 3.08. The average molecular weight is 347 g/mol. The Morgan fingerprint density at radius 3 is 2.52 bits per heavy atom. The summed E-state index contributed by atoms with van der Waals surface area (Å²) in [6.07, 6.45) is 0. The number of nitrogen functional groups attached to an aromatic ring is 1. The van der Waals surface area contributed by atoms with E-state index >= 15 is 0 Å². The second-order valence-electron chi connectivity index (χ2n) is 5.50. The van der Waals surface area contributed by atoms with Crippen LogP contribution in [0.4, 0.5) is 30.6 Å². The SMILES string of the molecule is CCN(c1cc(C)cc(F)c1)c1nc(NN)nc2ccc(F)c(F)c12. The fourth-order valence-corrected chi connectivity index (χ4v) is 2.73. The standard InChI is InChI=1S/C17H16F3N5/c1-3-25(11-7-9(2)6-10(18)8-11)16-14-13(22-17(23-16)24-21)5-4-12(19)15(14)20/h4-8H,3,21H2,1-2H3,(H,22,23,24). The van der Waals surface area contributed by atoms with Gasteiger partial charge in [-0.2, -0.15) is 4.98 Å². The Kier molecular flexibility index (Phi) is 4.45. The van der Waals surface area contributed by atoms with Gasteiger partial charge in [-0.1, -0.05) is 0 Å². The van der Waals surface area contributed by atoms with Crippen molar-refractivity contribution in [3.05, 3.63) is 53.3 Å². The van der Waals surface area contributed by atoms with Crippen LogP contribution in [-0.2, 0) is 0 Å². The number of rotatable bonds is 4. The quantitative estimate of drug-likeness (QED) is 0.555. The van der Waals surface area contributed by atoms with Crippen molar-refractivity contribution in [3.63, 3.8) is 0 Å². The average Bonchev–Trinajstić information content (AvgIpc) is 2.57. The second-order valence-corrected chi connectivity index (χ2v) is 5.50. The Balaban J connectivity index is 2.32. The number of hydrogen-bond acceptors (Lipinski definition) is 5. The molecule has 130 valence electrons. The van der Waals surface area contributed by atoms with E-state index in [0.717, 1.165) is 6.07 Å². The van der Waals surface area contributed by atoms with Crippen LogP contribution in [0.5, 0.6) is 0 Å². The van der Waals surface area contributed by atoms with E-state index in [1.165, 1.54) is 18.2 Å². The molecule has 0 aliphatic heterocycles. The predicted molar refractivity (Wildman–Crippen MR) is 91.1 cm³/mol. The molecule has 0 spiro atoms. The lowest BCUT2D eigenvalue weighted by molar-refractivity contribution is 0.516. The first-order valence-corrected chi connectivity index (χ1v) is 7.61. The molecule has 1 aromatic heterocycles. The lowest BCUT2D eigenvalue weighted by atomic mass is 10.1. The zero-order chi connectivity index (χ0) is 18.1. The first-order valence-electron chi connectivity index (χ1n) is 7.61. The number of nitrogens with one attached hydrogen (secondary N) is 1. The van der Waals surface area contributed by atoms with E-state index in [-0.39, 0.29) is 22.7 Å². The molecule has 0 amide bonds. The van der Waals surface area contributed by atoms with Gasteiger partial charge in [0.1, 0.15) is 11.6 Å². The van der Waals surface area contributed by atoms with Crippen molar-refractivity contribution in [1.82, 2.24) is 9.97 Å². The van der Waals surface area contributed by atoms with Crippen LogP contribution in [-0.4, -0.2) is 16.5 Å². The molecule has 5 nitrogen and oxygen atoms in total. The maximum atomic E-state index is 14.5. The molecule has 0 aliphatic rings. The fraction of sp³-hybridized carbons (Fsp3) is 0.176. The van der Waals surface area contributed by atoms with E-state index in [1.54, 1.807) is 24.8 Å². The van der Waals surface area contributed by atoms with E-state index in [9.17, 15) is 13.2 Å². The van der Waals surface area contributed by atoms with Crippen molar-refractivity contribution in [3.8, 4) is 0 Å². The van der Waals surface area contributed by atoms with Crippen LogP contribution >= 0.6 is 0 Å². The molecule has 3 N–H and O–H groups in total. The van der Waals surface area contributed by atoms with Crippen LogP contribution in [0, 0.1) is 24.4 Å². The van der Waals surface area contributed by atoms with Crippen LogP contribution in [0.25, 0.3) is 10.9 Å². The van der Waals surface area contributed by atoms with Crippen molar-refractivity contribution in [2.45, 2.75) is 13.8 Å². The summed E-state index contributed by atoms with van der Waals surface area (Å²) in [6, 6.07) is 6.73. The molecule has 25 heavy (non-hydrogen) atoms. The fourth-order valence-electron chi connectivity index (χ4n) is 2.73. The summed E-state index contributed by atoms with van der Waals surface area (Å²) in [7, 11) is 0. The van der Waals surface area contributed by atoms with Crippen molar-refractivity contribution in [1.29, 1.82) is 0 Å². The largest absolute Gasteiger partial charge is 0.326 e. The van der Waals surface area contributed by atoms with Crippen molar-refractivity contribution < 1.29 is 13.2 Å². The normalized spacial score (nSPS) is 11.0. The molecule has 0 saturated carbocycles. The summed E-state index contributed by atoms with van der Waals surface area (Å²) in [6.45, 7) is 3.88. The summed E-state index contributed by atoms with van der Waals surface area (Å²) in [5.74, 6) is 3.01. The highest BCUT2D eigenvalue weighted by Crippen LogP contribution is 2.34. The van der Waals surface area contributed by atoms with Gasteiger partial charge in [0.25, 0.3) is 0 Å². The molecule has 3 rings (SSSR count). The van der Waals surface area contributed by atoms with Gasteiger partial charge in [0, 0.05) is 12.2 Å². The molecule has 0 unspecified atom stereocenters. The van der Waals surface area contributed by atoms with Crippen LogP contribution in [0.15, 0.2) is 30.3 Å². The molecule has 8 heteroatoms. The Labute approximate surface area is 142 Å². The molecule has 3 aromatic rings. The van der Waals surface area contributed by atoms with Gasteiger partial charge in [-0.25, -0.2) is 24.0 Å². The van der Waals surface area contributed by atoms with Gasteiger partial charge in [0.05, 0.1) is 10.9 Å². The van der Waals surface area contributed by atoms with Crippen molar-refractivity contribution in [2.75, 3.05) is 16.9 Å². The monoisotopic (exact) mass is 347 g/mol. The highest BCUT2D eigenvalue weighted by atomic mass is 19.2. The van der Waals surface area contributed by atoms with Gasteiger partial charge in [-0.15, -0.1) is 0 Å². The lowest BCUT2D eigenvalue weighted by Crippen LogP contribution is -2.21. The van der Waals surface area contributed by atoms with Gasteiger partial charge >= 0.3 is 0 Å². The number of aromatic nitrogens is 2. The number of anilines is 3. The number of hydrogen-bond donors (Lipinski definition) is 2. The van der Waals surface area contributed by atoms with E-state index < -0.39 is 17.5 Å². The Morgan fingerprint density at radius 1 is 1.12 bits per heavy atom. The van der Waals surface area contributed by atoms with Gasteiger partial charge in [-0.05, 0) is 49.7 Å². The molecule has 0 bridgehead atoms. The molecule has 0 fully saturated rings.